The second kappa shape index (κ2) is 5.86. The highest BCUT2D eigenvalue weighted by atomic mass is 19.4. The van der Waals surface area contributed by atoms with Crippen LogP contribution in [0.4, 0.5) is 18.9 Å². The average Bonchev–Trinajstić information content (AvgIpc) is 2.36. The van der Waals surface area contributed by atoms with Gasteiger partial charge in [0.2, 0.25) is 0 Å². The van der Waals surface area contributed by atoms with Crippen molar-refractivity contribution in [3.8, 4) is 5.75 Å². The van der Waals surface area contributed by atoms with E-state index in [0.717, 1.165) is 16.8 Å². The normalized spacial score (nSPS) is 11.2. The second-order valence-electron chi connectivity index (χ2n) is 4.36. The zero-order chi connectivity index (χ0) is 14.6. The molecular weight excluding hydrogens is 267 g/mol. The molecule has 0 aliphatic heterocycles. The molecule has 0 aliphatic rings. The fourth-order valence-electron chi connectivity index (χ4n) is 1.82. The summed E-state index contributed by atoms with van der Waals surface area (Å²) in [5, 5.41) is 3.18. The Labute approximate surface area is 115 Å². The summed E-state index contributed by atoms with van der Waals surface area (Å²) < 4.78 is 40.3. The van der Waals surface area contributed by atoms with Gasteiger partial charge in [0.15, 0.2) is 0 Å². The van der Waals surface area contributed by atoms with Crippen LogP contribution in [0.1, 0.15) is 11.1 Å². The van der Waals surface area contributed by atoms with Crippen molar-refractivity contribution < 1.29 is 17.9 Å². The second-order valence-corrected chi connectivity index (χ2v) is 4.36. The van der Waals surface area contributed by atoms with Crippen LogP contribution >= 0.6 is 0 Å². The number of hydrogen-bond acceptors (Lipinski definition) is 2. The lowest BCUT2D eigenvalue weighted by atomic mass is 10.1. The number of hydrogen-bond donors (Lipinski definition) is 1. The average molecular weight is 281 g/mol. The van der Waals surface area contributed by atoms with E-state index in [4.69, 9.17) is 0 Å². The molecule has 2 rings (SSSR count). The van der Waals surface area contributed by atoms with Crippen LogP contribution in [0.25, 0.3) is 0 Å². The van der Waals surface area contributed by atoms with E-state index in [9.17, 15) is 13.2 Å². The van der Waals surface area contributed by atoms with Crippen molar-refractivity contribution in [2.24, 2.45) is 0 Å². The molecular formula is C15H14F3NO. The zero-order valence-corrected chi connectivity index (χ0v) is 10.9. The van der Waals surface area contributed by atoms with Gasteiger partial charge in [-0.2, -0.15) is 0 Å². The summed E-state index contributed by atoms with van der Waals surface area (Å²) in [7, 11) is 0. The third kappa shape index (κ3) is 4.19. The van der Waals surface area contributed by atoms with E-state index in [1.165, 1.54) is 18.2 Å². The van der Waals surface area contributed by atoms with E-state index in [2.05, 4.69) is 10.1 Å². The van der Waals surface area contributed by atoms with Crippen LogP contribution < -0.4 is 10.1 Å². The molecule has 0 saturated heterocycles. The van der Waals surface area contributed by atoms with Crippen molar-refractivity contribution >= 4 is 5.69 Å². The summed E-state index contributed by atoms with van der Waals surface area (Å²) >= 11 is 0. The molecule has 0 spiro atoms. The quantitative estimate of drug-likeness (QED) is 0.890. The van der Waals surface area contributed by atoms with E-state index < -0.39 is 6.36 Å². The first-order valence-corrected chi connectivity index (χ1v) is 6.08. The van der Waals surface area contributed by atoms with Gasteiger partial charge in [-0.25, -0.2) is 0 Å². The summed E-state index contributed by atoms with van der Waals surface area (Å²) in [4.78, 5) is 0. The van der Waals surface area contributed by atoms with Crippen molar-refractivity contribution in [1.82, 2.24) is 0 Å². The van der Waals surface area contributed by atoms with Gasteiger partial charge in [0.05, 0.1) is 0 Å². The summed E-state index contributed by atoms with van der Waals surface area (Å²) in [5.74, 6) is -0.207. The largest absolute Gasteiger partial charge is 0.573 e. The van der Waals surface area contributed by atoms with Crippen molar-refractivity contribution in [3.05, 3.63) is 59.7 Å². The van der Waals surface area contributed by atoms with Gasteiger partial charge in [-0.05, 0) is 36.2 Å². The Bertz CT molecular complexity index is 581. The van der Waals surface area contributed by atoms with E-state index in [1.807, 2.05) is 31.2 Å². The molecule has 0 heterocycles. The maximum Gasteiger partial charge on any atom is 0.573 e. The number of rotatable bonds is 4. The van der Waals surface area contributed by atoms with Crippen LogP contribution in [0.15, 0.2) is 48.5 Å². The maximum absolute atomic E-state index is 12.1. The zero-order valence-electron chi connectivity index (χ0n) is 10.9. The Morgan fingerprint density at radius 3 is 2.50 bits per heavy atom. The van der Waals surface area contributed by atoms with Crippen LogP contribution in [0.2, 0.25) is 0 Å². The van der Waals surface area contributed by atoms with Crippen LogP contribution in [-0.2, 0) is 6.54 Å². The van der Waals surface area contributed by atoms with Gasteiger partial charge < -0.3 is 10.1 Å². The van der Waals surface area contributed by atoms with E-state index >= 15 is 0 Å². The molecule has 106 valence electrons. The SMILES string of the molecule is Cc1ccccc1NCc1cccc(OC(F)(F)F)c1. The van der Waals surface area contributed by atoms with E-state index in [1.54, 1.807) is 6.07 Å². The molecule has 0 radical (unpaired) electrons. The lowest BCUT2D eigenvalue weighted by Crippen LogP contribution is -2.17. The van der Waals surface area contributed by atoms with Crippen molar-refractivity contribution in [2.45, 2.75) is 19.8 Å². The van der Waals surface area contributed by atoms with Crippen molar-refractivity contribution in [3.63, 3.8) is 0 Å². The van der Waals surface area contributed by atoms with Crippen LogP contribution in [0.3, 0.4) is 0 Å². The molecule has 0 aromatic heterocycles. The first-order chi connectivity index (χ1) is 9.44. The molecule has 2 aromatic carbocycles. The highest BCUT2D eigenvalue weighted by Crippen LogP contribution is 2.24. The fourth-order valence-corrected chi connectivity index (χ4v) is 1.82. The molecule has 2 aromatic rings. The molecule has 0 bridgehead atoms. The molecule has 20 heavy (non-hydrogen) atoms. The molecule has 2 nitrogen and oxygen atoms in total. The fraction of sp³-hybridized carbons (Fsp3) is 0.200. The number of benzene rings is 2. The standard InChI is InChI=1S/C15H14F3NO/c1-11-5-2-3-8-14(11)19-10-12-6-4-7-13(9-12)20-15(16,17)18/h2-9,19H,10H2,1H3. The predicted molar refractivity (Wildman–Crippen MR) is 71.6 cm³/mol. The molecule has 0 unspecified atom stereocenters. The van der Waals surface area contributed by atoms with Gasteiger partial charge in [0, 0.05) is 12.2 Å². The predicted octanol–water partition coefficient (Wildman–Crippen LogP) is 4.51. The number of nitrogens with one attached hydrogen (secondary N) is 1. The van der Waals surface area contributed by atoms with Gasteiger partial charge in [-0.3, -0.25) is 0 Å². The van der Waals surface area contributed by atoms with Crippen LogP contribution in [0, 0.1) is 6.92 Å². The smallest absolute Gasteiger partial charge is 0.406 e. The third-order valence-corrected chi connectivity index (χ3v) is 2.76. The van der Waals surface area contributed by atoms with E-state index in [-0.39, 0.29) is 5.75 Å². The minimum Gasteiger partial charge on any atom is -0.406 e. The minimum atomic E-state index is -4.66. The van der Waals surface area contributed by atoms with Gasteiger partial charge in [-0.15, -0.1) is 13.2 Å². The molecule has 0 atom stereocenters. The number of aryl methyl sites for hydroxylation is 1. The van der Waals surface area contributed by atoms with Crippen LogP contribution in [-0.4, -0.2) is 6.36 Å². The third-order valence-electron chi connectivity index (χ3n) is 2.76. The maximum atomic E-state index is 12.1. The number of anilines is 1. The van der Waals surface area contributed by atoms with Crippen LogP contribution in [0.5, 0.6) is 5.75 Å². The first kappa shape index (κ1) is 14.2. The highest BCUT2D eigenvalue weighted by Gasteiger charge is 2.31. The van der Waals surface area contributed by atoms with Gasteiger partial charge in [0.25, 0.3) is 0 Å². The summed E-state index contributed by atoms with van der Waals surface area (Å²) in [5.41, 5.74) is 2.75. The Morgan fingerprint density at radius 1 is 1.05 bits per heavy atom. The number of ether oxygens (including phenoxy) is 1. The summed E-state index contributed by atoms with van der Waals surface area (Å²) in [6, 6.07) is 13.7. The number of alkyl halides is 3. The molecule has 5 heteroatoms. The molecule has 0 saturated carbocycles. The van der Waals surface area contributed by atoms with Gasteiger partial charge in [-0.1, -0.05) is 30.3 Å². The van der Waals surface area contributed by atoms with Crippen molar-refractivity contribution in [1.29, 1.82) is 0 Å². The first-order valence-electron chi connectivity index (χ1n) is 6.08. The lowest BCUT2D eigenvalue weighted by Gasteiger charge is -2.12. The number of para-hydroxylation sites is 1. The molecule has 1 N–H and O–H groups in total. The monoisotopic (exact) mass is 281 g/mol. The Morgan fingerprint density at radius 2 is 1.80 bits per heavy atom. The van der Waals surface area contributed by atoms with Crippen molar-refractivity contribution in [2.75, 3.05) is 5.32 Å². The number of halogens is 3. The van der Waals surface area contributed by atoms with E-state index in [0.29, 0.717) is 6.54 Å². The Hall–Kier alpha value is -2.17. The summed E-state index contributed by atoms with van der Waals surface area (Å²) in [6.07, 6.45) is -4.66. The van der Waals surface area contributed by atoms with Gasteiger partial charge in [0.1, 0.15) is 5.75 Å². The summed E-state index contributed by atoms with van der Waals surface area (Å²) in [6.45, 7) is 2.39. The minimum absolute atomic E-state index is 0.207. The Balaban J connectivity index is 2.03. The van der Waals surface area contributed by atoms with Gasteiger partial charge >= 0.3 is 6.36 Å². The molecule has 0 aliphatic carbocycles. The lowest BCUT2D eigenvalue weighted by molar-refractivity contribution is -0.274. The molecule has 0 amide bonds. The topological polar surface area (TPSA) is 21.3 Å². The molecule has 0 fully saturated rings. The highest BCUT2D eigenvalue weighted by molar-refractivity contribution is 5.50. The Kier molecular flexibility index (Phi) is 4.17.